The fourth-order valence-corrected chi connectivity index (χ4v) is 16.7. The first kappa shape index (κ1) is 111. The number of amides is 15. The molecule has 1 aliphatic heterocycles. The summed E-state index contributed by atoms with van der Waals surface area (Å²) in [6.45, 7) is 5.24. The number of hydrogen-bond donors (Lipinski definition) is 20. The van der Waals surface area contributed by atoms with Gasteiger partial charge in [0.05, 0.1) is 48.0 Å². The molecule has 3 aromatic rings. The van der Waals surface area contributed by atoms with Gasteiger partial charge in [-0.2, -0.15) is 13.2 Å². The number of rotatable bonds is 28. The maximum atomic E-state index is 15.0. The number of likely N-dealkylation sites (N-methyl/N-ethyl adjacent to an activating group) is 1. The number of nitrogens with two attached hydrogens (primary N) is 3. The Morgan fingerprint density at radius 3 is 1.43 bits per heavy atom. The molecule has 15 amide bonds. The topological polar surface area (TPSA) is 660 Å². The first-order valence-electron chi connectivity index (χ1n) is 44.9. The molecule has 1 unspecified atom stereocenters. The van der Waals surface area contributed by atoms with Gasteiger partial charge in [-0.05, 0) is 129 Å². The molecule has 23 N–H and O–H groups in total. The van der Waals surface area contributed by atoms with Gasteiger partial charge in [0.15, 0.2) is 5.78 Å². The van der Waals surface area contributed by atoms with Crippen LogP contribution in [0.1, 0.15) is 200 Å². The van der Waals surface area contributed by atoms with Crippen LogP contribution in [0.15, 0.2) is 72.8 Å². The normalized spacial score (nSPS) is 23.9. The third-order valence-corrected chi connectivity index (χ3v) is 24.5. The summed E-state index contributed by atoms with van der Waals surface area (Å²) in [6, 6.07) is -7.27. The molecule has 3 aliphatic rings. The summed E-state index contributed by atoms with van der Waals surface area (Å²) in [7, 11) is 1.16. The average molecular weight is 1920 g/mol. The second kappa shape index (κ2) is 54.6. The van der Waals surface area contributed by atoms with Gasteiger partial charge in [-0.3, -0.25) is 86.3 Å². The van der Waals surface area contributed by atoms with Gasteiger partial charge in [-0.25, -0.2) is 9.59 Å². The zero-order valence-electron chi connectivity index (χ0n) is 76.2. The predicted molar refractivity (Wildman–Crippen MR) is 482 cm³/mol. The lowest BCUT2D eigenvalue weighted by Gasteiger charge is -2.31. The van der Waals surface area contributed by atoms with Crippen molar-refractivity contribution in [1.82, 2.24) is 74.0 Å². The Balaban J connectivity index is 1.45. The summed E-state index contributed by atoms with van der Waals surface area (Å²) in [6.07, 6.45) is -3.60. The maximum absolute atomic E-state index is 15.0. The molecule has 0 spiro atoms. The van der Waals surface area contributed by atoms with E-state index in [9.17, 15) is 129 Å². The summed E-state index contributed by atoms with van der Waals surface area (Å²) < 4.78 is 43.0. The van der Waals surface area contributed by atoms with Gasteiger partial charge >= 0.3 is 30.1 Å². The van der Waals surface area contributed by atoms with Crippen molar-refractivity contribution in [2.75, 3.05) is 44.7 Å². The van der Waals surface area contributed by atoms with Crippen LogP contribution in [0.5, 0.6) is 0 Å². The molecule has 2 aliphatic carbocycles. The molecular weight excluding hydrogens is 1790 g/mol. The highest BCUT2D eigenvalue weighted by atomic mass is 32.2. The van der Waals surface area contributed by atoms with E-state index >= 15 is 0 Å². The van der Waals surface area contributed by atoms with Gasteiger partial charge in [0.2, 0.25) is 88.6 Å². The van der Waals surface area contributed by atoms with Crippen molar-refractivity contribution >= 4 is 130 Å². The van der Waals surface area contributed by atoms with Gasteiger partial charge in [0, 0.05) is 50.8 Å². The number of benzene rings is 3. The lowest BCUT2D eigenvalue weighted by atomic mass is 9.84. The van der Waals surface area contributed by atoms with Crippen molar-refractivity contribution in [3.8, 4) is 0 Å². The van der Waals surface area contributed by atoms with Gasteiger partial charge in [-0.1, -0.05) is 134 Å². The maximum Gasteiger partial charge on any atom is 0.416 e. The second-order valence-corrected chi connectivity index (χ2v) is 36.0. The molecule has 13 atom stereocenters. The summed E-state index contributed by atoms with van der Waals surface area (Å²) in [4.78, 5) is 281. The number of alkyl halides is 3. The molecule has 45 heteroatoms. The minimum atomic E-state index is -5.00. The number of ketones is 1. The molecular formula is C90H126F3N17O24S. The Hall–Kier alpha value is -12.7. The smallest absolute Gasteiger partial charge is 0.416 e. The fraction of sp³-hybridized carbons (Fsp3) is 0.578. The average Bonchev–Trinajstić information content (AvgIpc) is 0.881. The zero-order valence-corrected chi connectivity index (χ0v) is 77.0. The lowest BCUT2D eigenvalue weighted by Crippen LogP contribution is -2.61. The molecule has 1 heterocycles. The molecule has 135 heavy (non-hydrogen) atoms. The van der Waals surface area contributed by atoms with Crippen molar-refractivity contribution in [3.05, 3.63) is 106 Å². The number of aromatic carboxylic acids is 2. The summed E-state index contributed by atoms with van der Waals surface area (Å²) in [5, 5.41) is 71.9. The number of carboxylic acid groups (broad SMARTS) is 4. The van der Waals surface area contributed by atoms with Crippen molar-refractivity contribution in [2.24, 2.45) is 46.8 Å². The Morgan fingerprint density at radius 1 is 0.481 bits per heavy atom. The zero-order chi connectivity index (χ0) is 100. The van der Waals surface area contributed by atoms with Crippen LogP contribution in [0.25, 0.3) is 0 Å². The Labute approximate surface area is 782 Å². The molecule has 6 rings (SSSR count). The fourth-order valence-electron chi connectivity index (χ4n) is 15.8. The monoisotopic (exact) mass is 1920 g/mol. The number of hydrogen-bond acceptors (Lipinski definition) is 23. The number of aliphatic carboxylic acids is 2. The number of Topliss-reactive ketones (excluding diaryl/α,β-unsaturated/α-hetero) is 1. The number of carbonyl (C=O) groups is 20. The number of thioether (sulfide) groups is 1. The van der Waals surface area contributed by atoms with E-state index in [2.05, 4.69) is 69.1 Å². The van der Waals surface area contributed by atoms with Crippen molar-refractivity contribution in [1.29, 1.82) is 0 Å². The quantitative estimate of drug-likeness (QED) is 0.0456. The molecule has 0 bridgehead atoms. The van der Waals surface area contributed by atoms with Crippen molar-refractivity contribution < 1.29 is 129 Å². The molecule has 3 aromatic carbocycles. The van der Waals surface area contributed by atoms with Gasteiger partial charge in [0.25, 0.3) is 0 Å². The van der Waals surface area contributed by atoms with Crippen LogP contribution in [0.2, 0.25) is 0 Å². The minimum absolute atomic E-state index is 0.000228. The Morgan fingerprint density at radius 2 is 0.926 bits per heavy atom. The molecule has 41 nitrogen and oxygen atoms in total. The summed E-state index contributed by atoms with van der Waals surface area (Å²) >= 11 is 0.722. The van der Waals surface area contributed by atoms with E-state index in [0.717, 1.165) is 86.5 Å². The largest absolute Gasteiger partial charge is 0.481 e. The van der Waals surface area contributed by atoms with E-state index in [1.807, 2.05) is 0 Å². The number of carbonyl (C=O) groups excluding carboxylic acids is 16. The van der Waals surface area contributed by atoms with Crippen LogP contribution >= 0.6 is 11.8 Å². The minimum Gasteiger partial charge on any atom is -0.481 e. The van der Waals surface area contributed by atoms with Gasteiger partial charge < -0.3 is 112 Å². The molecule has 742 valence electrons. The Kier molecular flexibility index (Phi) is 44.9. The predicted octanol–water partition coefficient (Wildman–Crippen LogP) is 0.0293. The standard InChI is InChI=1S/C90H126F3N17O24S/c1-47(2)34-61-82(125)102-60(31-33-95)81(124)106-64(37-51-16-11-8-12-17-51)85(128)109-75(48(3)4)86(129)103-59(28-29-73(115)116)80(123)108-68(69(111)41-57(30-32-94)76(96)119)45-135-46-72(114)100-62(36-50-14-9-7-10-15-50)78(121)97-43-70(112)99-66(42-74(117)118)84(127)107-65(40-54-18-13-19-58(35-54)90(91,92)93)83(126)105-63(38-52-20-24-55(25-21-52)88(131)132)79(122)98-44-71(113)101-67(87(130)110(6)49(5)77(120)104-61)39-53-22-26-56(27-23-53)89(133)134/h13,18-27,35,47-51,57,59-68,75H,7-12,14-17,28-34,36-46,94-95H2,1-6H3,(H2,96,119)(H,97,121)(H,98,122)(H,99,112)(H,100,114)(H,101,113)(H,102,125)(H,103,129)(H,104,120)(H,105,126)(H,106,124)(H,107,127)(H,108,123)(H,109,128)(H,115,116)(H,117,118)(H,131,132)(H,133,134)/t49-,57+,59-,60-,61+,62-,63-,64-,65-,66-,67-,68?,75-/m0/s1. The van der Waals surface area contributed by atoms with Crippen molar-refractivity contribution in [3.63, 3.8) is 0 Å². The van der Waals surface area contributed by atoms with E-state index < -0.39 is 284 Å². The van der Waals surface area contributed by atoms with Gasteiger partial charge in [0.1, 0.15) is 66.5 Å². The van der Waals surface area contributed by atoms with Crippen molar-refractivity contribution in [2.45, 2.75) is 255 Å². The third-order valence-electron chi connectivity index (χ3n) is 23.5. The van der Waals surface area contributed by atoms with E-state index in [-0.39, 0.29) is 90.8 Å². The molecule has 0 radical (unpaired) electrons. The summed E-state index contributed by atoms with van der Waals surface area (Å²) in [5.41, 5.74) is 15.9. The van der Waals surface area contributed by atoms with Crippen LogP contribution < -0.4 is 86.3 Å². The van der Waals surface area contributed by atoms with E-state index in [4.69, 9.17) is 17.2 Å². The SMILES string of the molecule is CC(C)C[C@H]1NC(=O)[C@H](C)N(C)C(=O)[C@H](Cc2ccc(C(=O)O)cc2)NC(=O)CNC(=O)[C@H](Cc2ccc(C(=O)O)cc2)NC(=O)[C@H](Cc2cccc(C(F)(F)F)c2)NC(=O)[C@H](CC(=O)O)NC(=O)CNC(=O)[C@H](CC2CCCCC2)NC(=O)CSCC(C(=O)C[C@@H](CCN)C(N)=O)NC(=O)[C@H](CCC(=O)O)NC(=O)[C@H](C(C)C)NC(=O)[C@H](CC2CCCCC2)NC(=O)[C@H](CCN)NC1=O. The van der Waals surface area contributed by atoms with Crippen LogP contribution in [-0.4, -0.2) is 261 Å². The molecule has 2 saturated carbocycles. The van der Waals surface area contributed by atoms with E-state index in [0.29, 0.717) is 37.8 Å². The first-order chi connectivity index (χ1) is 63.7. The van der Waals surface area contributed by atoms with Crippen LogP contribution in [0.4, 0.5) is 13.2 Å². The van der Waals surface area contributed by atoms with Crippen LogP contribution in [0, 0.1) is 29.6 Å². The van der Waals surface area contributed by atoms with Crippen LogP contribution in [0.3, 0.4) is 0 Å². The number of nitrogens with zero attached hydrogens (tertiary/aromatic N) is 1. The van der Waals surface area contributed by atoms with E-state index in [1.54, 1.807) is 13.8 Å². The highest BCUT2D eigenvalue weighted by Gasteiger charge is 2.41. The second-order valence-electron chi connectivity index (χ2n) is 35.0. The highest BCUT2D eigenvalue weighted by Crippen LogP contribution is 2.32. The Bertz CT molecular complexity index is 4690. The number of nitrogens with one attached hydrogen (secondary N) is 13. The van der Waals surface area contributed by atoms with Crippen LogP contribution in [-0.2, 0) is 112 Å². The summed E-state index contributed by atoms with van der Waals surface area (Å²) in [5.74, 6) is -26.9. The number of halogens is 3. The molecule has 3 fully saturated rings. The number of primary amides is 1. The molecule has 1 saturated heterocycles. The third kappa shape index (κ3) is 37.6. The van der Waals surface area contributed by atoms with Gasteiger partial charge in [-0.15, -0.1) is 11.8 Å². The highest BCUT2D eigenvalue weighted by molar-refractivity contribution is 8.00. The number of carboxylic acids is 4. The first-order valence-corrected chi connectivity index (χ1v) is 46.1. The molecule has 0 aromatic heterocycles. The van der Waals surface area contributed by atoms with E-state index in [1.165, 1.54) is 57.2 Å². The lowest BCUT2D eigenvalue weighted by molar-refractivity contribution is -0.142.